The summed E-state index contributed by atoms with van der Waals surface area (Å²) in [7, 11) is 0. The van der Waals surface area contributed by atoms with Crippen molar-refractivity contribution in [3.8, 4) is 11.8 Å². The average Bonchev–Trinajstić information content (AvgIpc) is 2.85. The first-order chi connectivity index (χ1) is 9.95. The molecule has 2 rings (SSSR count). The predicted molar refractivity (Wildman–Crippen MR) is 80.0 cm³/mol. The highest BCUT2D eigenvalue weighted by atomic mass is 35.5. The molecule has 8 heteroatoms. The summed E-state index contributed by atoms with van der Waals surface area (Å²) in [6.45, 7) is 0. The fourth-order valence-corrected chi connectivity index (χ4v) is 2.24. The molecule has 1 N–H and O–H groups in total. The van der Waals surface area contributed by atoms with E-state index in [-0.39, 0.29) is 26.3 Å². The van der Waals surface area contributed by atoms with Gasteiger partial charge in [-0.1, -0.05) is 34.8 Å². The summed E-state index contributed by atoms with van der Waals surface area (Å²) in [6.07, 6.45) is 3.47. The Morgan fingerprint density at radius 1 is 1.33 bits per heavy atom. The third-order valence-corrected chi connectivity index (χ3v) is 3.84. The smallest absolute Gasteiger partial charge is 0.328 e. The van der Waals surface area contributed by atoms with Crippen LogP contribution in [-0.2, 0) is 4.79 Å². The molecule has 1 aromatic heterocycles. The van der Waals surface area contributed by atoms with E-state index in [2.05, 4.69) is 5.10 Å². The van der Waals surface area contributed by atoms with Gasteiger partial charge in [0.05, 0.1) is 38.2 Å². The minimum atomic E-state index is -1.15. The van der Waals surface area contributed by atoms with E-state index < -0.39 is 5.97 Å². The van der Waals surface area contributed by atoms with Gasteiger partial charge < -0.3 is 5.11 Å². The van der Waals surface area contributed by atoms with Gasteiger partial charge in [0, 0.05) is 6.08 Å². The second-order valence-electron chi connectivity index (χ2n) is 3.83. The molecule has 0 spiro atoms. The quantitative estimate of drug-likeness (QED) is 0.679. The van der Waals surface area contributed by atoms with Crippen LogP contribution in [0.25, 0.3) is 11.8 Å². The highest BCUT2D eigenvalue weighted by Crippen LogP contribution is 2.35. The lowest BCUT2D eigenvalue weighted by atomic mass is 10.2. The van der Waals surface area contributed by atoms with Crippen LogP contribution in [0.1, 0.15) is 11.3 Å². The number of hydrogen-bond donors (Lipinski definition) is 1. The van der Waals surface area contributed by atoms with Crippen LogP contribution in [0.15, 0.2) is 24.4 Å². The van der Waals surface area contributed by atoms with Gasteiger partial charge in [0.2, 0.25) is 0 Å². The van der Waals surface area contributed by atoms with Gasteiger partial charge in [-0.2, -0.15) is 10.4 Å². The molecule has 0 aliphatic carbocycles. The van der Waals surface area contributed by atoms with Gasteiger partial charge in [0.25, 0.3) is 0 Å². The van der Waals surface area contributed by atoms with Crippen molar-refractivity contribution in [2.24, 2.45) is 0 Å². The predicted octanol–water partition coefficient (Wildman–Crippen LogP) is 3.80. The Morgan fingerprint density at radius 3 is 2.67 bits per heavy atom. The number of halogens is 3. The largest absolute Gasteiger partial charge is 0.478 e. The Kier molecular flexibility index (Phi) is 4.53. The summed E-state index contributed by atoms with van der Waals surface area (Å²) < 4.78 is 1.32. The monoisotopic (exact) mass is 341 g/mol. The van der Waals surface area contributed by atoms with Crippen LogP contribution >= 0.6 is 34.8 Å². The van der Waals surface area contributed by atoms with Crippen LogP contribution in [0.4, 0.5) is 0 Å². The van der Waals surface area contributed by atoms with Crippen molar-refractivity contribution in [1.29, 1.82) is 5.26 Å². The van der Waals surface area contributed by atoms with Crippen molar-refractivity contribution < 1.29 is 9.90 Å². The van der Waals surface area contributed by atoms with Crippen molar-refractivity contribution in [1.82, 2.24) is 9.78 Å². The van der Waals surface area contributed by atoms with Crippen LogP contribution in [0.3, 0.4) is 0 Å². The fourth-order valence-electron chi connectivity index (χ4n) is 1.63. The maximum absolute atomic E-state index is 10.6. The molecule has 0 unspecified atom stereocenters. The minimum Gasteiger partial charge on any atom is -0.478 e. The maximum atomic E-state index is 10.6. The lowest BCUT2D eigenvalue weighted by Gasteiger charge is -2.09. The van der Waals surface area contributed by atoms with Gasteiger partial charge in [-0.15, -0.1) is 0 Å². The SMILES string of the molecule is N#Cc1cnn(-c2ccc(Cl)c(Cl)c2Cl)c1C=CC(=O)O. The molecular formula is C13H6Cl3N3O2. The molecule has 0 fully saturated rings. The molecule has 0 atom stereocenters. The molecule has 2 aromatic rings. The van der Waals surface area contributed by atoms with Crippen LogP contribution in [0, 0.1) is 11.3 Å². The third kappa shape index (κ3) is 3.03. The lowest BCUT2D eigenvalue weighted by molar-refractivity contribution is -0.131. The van der Waals surface area contributed by atoms with E-state index in [1.807, 2.05) is 6.07 Å². The van der Waals surface area contributed by atoms with Crippen molar-refractivity contribution in [2.45, 2.75) is 0 Å². The molecule has 1 heterocycles. The number of aromatic nitrogens is 2. The molecule has 0 radical (unpaired) electrons. The molecule has 0 aliphatic heterocycles. The Balaban J connectivity index is 2.66. The van der Waals surface area contributed by atoms with Crippen molar-refractivity contribution >= 4 is 46.8 Å². The Labute approximate surface area is 134 Å². The average molecular weight is 343 g/mol. The first kappa shape index (κ1) is 15.4. The molecule has 0 saturated carbocycles. The molecule has 5 nitrogen and oxygen atoms in total. The zero-order valence-electron chi connectivity index (χ0n) is 10.2. The van der Waals surface area contributed by atoms with E-state index in [9.17, 15) is 4.79 Å². The summed E-state index contributed by atoms with van der Waals surface area (Å²) in [5.74, 6) is -1.15. The number of hydrogen-bond acceptors (Lipinski definition) is 3. The van der Waals surface area contributed by atoms with E-state index in [0.29, 0.717) is 5.69 Å². The lowest BCUT2D eigenvalue weighted by Crippen LogP contribution is -2.01. The first-order valence-electron chi connectivity index (χ1n) is 5.48. The number of benzene rings is 1. The normalized spacial score (nSPS) is 10.8. The molecular weight excluding hydrogens is 337 g/mol. The standard InChI is InChI=1S/C13H6Cl3N3O2/c14-8-1-2-10(13(16)12(8)15)19-9(3-4-11(20)21)7(5-17)6-18-19/h1-4,6H,(H,20,21). The Hall–Kier alpha value is -2.00. The third-order valence-electron chi connectivity index (χ3n) is 2.55. The Morgan fingerprint density at radius 2 is 2.05 bits per heavy atom. The van der Waals surface area contributed by atoms with Gasteiger partial charge in [-0.3, -0.25) is 0 Å². The summed E-state index contributed by atoms with van der Waals surface area (Å²) >= 11 is 17.9. The number of aliphatic carboxylic acids is 1. The molecule has 0 amide bonds. The molecule has 1 aromatic carbocycles. The number of carbonyl (C=O) groups is 1. The second-order valence-corrected chi connectivity index (χ2v) is 5.00. The van der Waals surface area contributed by atoms with E-state index in [4.69, 9.17) is 45.2 Å². The number of rotatable bonds is 3. The van der Waals surface area contributed by atoms with Crippen molar-refractivity contribution in [2.75, 3.05) is 0 Å². The van der Waals surface area contributed by atoms with Gasteiger partial charge >= 0.3 is 5.97 Å². The molecule has 0 saturated heterocycles. The summed E-state index contributed by atoms with van der Waals surface area (Å²) in [6, 6.07) is 5.03. The fraction of sp³-hybridized carbons (Fsp3) is 0. The second kappa shape index (κ2) is 6.19. The van der Waals surface area contributed by atoms with E-state index in [1.165, 1.54) is 23.0 Å². The highest BCUT2D eigenvalue weighted by molar-refractivity contribution is 6.48. The van der Waals surface area contributed by atoms with Crippen molar-refractivity contribution in [3.05, 3.63) is 50.7 Å². The first-order valence-corrected chi connectivity index (χ1v) is 6.62. The van der Waals surface area contributed by atoms with Gasteiger partial charge in [-0.05, 0) is 18.2 Å². The van der Waals surface area contributed by atoms with Gasteiger partial charge in [0.1, 0.15) is 6.07 Å². The summed E-state index contributed by atoms with van der Waals surface area (Å²) in [4.78, 5) is 10.6. The van der Waals surface area contributed by atoms with Crippen LogP contribution in [0.5, 0.6) is 0 Å². The zero-order valence-corrected chi connectivity index (χ0v) is 12.5. The molecule has 0 aliphatic rings. The molecule has 106 valence electrons. The Bertz CT molecular complexity index is 791. The van der Waals surface area contributed by atoms with Crippen LogP contribution in [0.2, 0.25) is 15.1 Å². The number of carboxylic acid groups (broad SMARTS) is 1. The number of nitriles is 1. The topological polar surface area (TPSA) is 78.9 Å². The van der Waals surface area contributed by atoms with E-state index in [0.717, 1.165) is 6.08 Å². The summed E-state index contributed by atoms with van der Waals surface area (Å²) in [5.41, 5.74) is 0.868. The van der Waals surface area contributed by atoms with Gasteiger partial charge in [0.15, 0.2) is 0 Å². The molecule has 0 bridgehead atoms. The van der Waals surface area contributed by atoms with Crippen LogP contribution in [-0.4, -0.2) is 20.9 Å². The summed E-state index contributed by atoms with van der Waals surface area (Å²) in [5, 5.41) is 22.4. The van der Waals surface area contributed by atoms with E-state index in [1.54, 1.807) is 6.07 Å². The van der Waals surface area contributed by atoms with Crippen molar-refractivity contribution in [3.63, 3.8) is 0 Å². The zero-order chi connectivity index (χ0) is 15.6. The number of nitrogens with zero attached hydrogens (tertiary/aromatic N) is 3. The highest BCUT2D eigenvalue weighted by Gasteiger charge is 2.15. The van der Waals surface area contributed by atoms with Crippen LogP contribution < -0.4 is 0 Å². The minimum absolute atomic E-state index is 0.151. The molecule has 21 heavy (non-hydrogen) atoms. The van der Waals surface area contributed by atoms with E-state index >= 15 is 0 Å². The maximum Gasteiger partial charge on any atom is 0.328 e. The van der Waals surface area contributed by atoms with Gasteiger partial charge in [-0.25, -0.2) is 9.48 Å². The number of carboxylic acids is 1.